The van der Waals surface area contributed by atoms with Gasteiger partial charge in [0.1, 0.15) is 11.5 Å². The monoisotopic (exact) mass is 391 g/mol. The van der Waals surface area contributed by atoms with E-state index in [9.17, 15) is 4.79 Å². The van der Waals surface area contributed by atoms with E-state index < -0.39 is 0 Å². The Morgan fingerprint density at radius 1 is 1.18 bits per heavy atom. The predicted molar refractivity (Wildman–Crippen MR) is 109 cm³/mol. The first-order valence-corrected chi connectivity index (χ1v) is 9.56. The Morgan fingerprint density at radius 3 is 2.89 bits per heavy atom. The number of hydrogen-bond acceptors (Lipinski definition) is 4. The van der Waals surface area contributed by atoms with Crippen LogP contribution in [0.4, 0.5) is 0 Å². The van der Waals surface area contributed by atoms with E-state index in [4.69, 9.17) is 16.6 Å². The molecule has 5 rings (SSSR count). The van der Waals surface area contributed by atoms with Crippen LogP contribution < -0.4 is 5.56 Å². The fourth-order valence-electron chi connectivity index (χ4n) is 3.74. The highest BCUT2D eigenvalue weighted by Gasteiger charge is 2.22. The van der Waals surface area contributed by atoms with Crippen LogP contribution in [-0.4, -0.2) is 31.4 Å². The number of nitrogens with one attached hydrogen (secondary N) is 2. The smallest absolute Gasteiger partial charge is 0.255 e. The van der Waals surface area contributed by atoms with Crippen molar-refractivity contribution in [3.63, 3.8) is 0 Å². The quantitative estimate of drug-likeness (QED) is 0.560. The van der Waals surface area contributed by atoms with Gasteiger partial charge in [-0.1, -0.05) is 11.6 Å². The molecule has 6 nitrogen and oxygen atoms in total. The van der Waals surface area contributed by atoms with Crippen LogP contribution in [0.3, 0.4) is 0 Å². The minimum atomic E-state index is -0.0692. The summed E-state index contributed by atoms with van der Waals surface area (Å²) in [6.07, 6.45) is 4.53. The van der Waals surface area contributed by atoms with Gasteiger partial charge < -0.3 is 9.97 Å². The van der Waals surface area contributed by atoms with E-state index in [2.05, 4.69) is 25.9 Å². The van der Waals surface area contributed by atoms with Crippen molar-refractivity contribution in [2.45, 2.75) is 19.5 Å². The number of halogens is 1. The number of hydrogen-bond donors (Lipinski definition) is 2. The van der Waals surface area contributed by atoms with Crippen molar-refractivity contribution < 1.29 is 0 Å². The first kappa shape index (κ1) is 17.2. The van der Waals surface area contributed by atoms with Crippen LogP contribution in [0.15, 0.2) is 53.6 Å². The lowest BCUT2D eigenvalue weighted by atomic mass is 10.1. The number of nitrogens with zero attached hydrogens (tertiary/aromatic N) is 3. The number of rotatable bonds is 3. The molecule has 0 unspecified atom stereocenters. The van der Waals surface area contributed by atoms with Gasteiger partial charge in [-0.05, 0) is 42.0 Å². The molecular formula is C21H18ClN5O. The number of fused-ring (bicyclic) bond motifs is 2. The summed E-state index contributed by atoms with van der Waals surface area (Å²) in [5.41, 5.74) is 4.50. The topological polar surface area (TPSA) is 77.7 Å². The van der Waals surface area contributed by atoms with Crippen LogP contribution in [0.1, 0.15) is 16.8 Å². The molecule has 0 spiro atoms. The van der Waals surface area contributed by atoms with Crippen molar-refractivity contribution in [2.24, 2.45) is 0 Å². The number of aromatic amines is 2. The average molecular weight is 392 g/mol. The summed E-state index contributed by atoms with van der Waals surface area (Å²) in [5, 5.41) is 1.78. The van der Waals surface area contributed by atoms with Gasteiger partial charge in [-0.3, -0.25) is 9.69 Å². The second kappa shape index (κ2) is 6.89. The van der Waals surface area contributed by atoms with Crippen LogP contribution >= 0.6 is 11.6 Å². The molecule has 0 bridgehead atoms. The van der Waals surface area contributed by atoms with Gasteiger partial charge >= 0.3 is 0 Å². The van der Waals surface area contributed by atoms with Crippen molar-refractivity contribution >= 4 is 22.6 Å². The molecule has 0 aliphatic carbocycles. The SMILES string of the molecule is O=c1[nH]c(-c2ccc(Cl)cc2)nc2c1CN(Cc1c[nH]c3ncccc13)CC2. The van der Waals surface area contributed by atoms with Gasteiger partial charge in [0.05, 0.1) is 11.3 Å². The van der Waals surface area contributed by atoms with E-state index in [1.165, 1.54) is 5.56 Å². The largest absolute Gasteiger partial charge is 0.346 e. The van der Waals surface area contributed by atoms with Gasteiger partial charge in [-0.25, -0.2) is 9.97 Å². The molecule has 2 N–H and O–H groups in total. The number of H-pyrrole nitrogens is 2. The third-order valence-corrected chi connectivity index (χ3v) is 5.45. The van der Waals surface area contributed by atoms with E-state index in [1.54, 1.807) is 18.3 Å². The molecule has 4 aromatic rings. The van der Waals surface area contributed by atoms with Crippen molar-refractivity contribution in [3.8, 4) is 11.4 Å². The summed E-state index contributed by atoms with van der Waals surface area (Å²) >= 11 is 5.95. The standard InChI is InChI=1S/C21H18ClN5O/c22-15-5-3-13(4-6-15)19-25-18-7-9-27(12-17(18)21(28)26-19)11-14-10-24-20-16(14)2-1-8-23-20/h1-6,8,10H,7,9,11-12H2,(H,23,24)(H,25,26,28). The Morgan fingerprint density at radius 2 is 2.04 bits per heavy atom. The molecule has 7 heteroatoms. The third kappa shape index (κ3) is 3.10. The summed E-state index contributed by atoms with van der Waals surface area (Å²) < 4.78 is 0. The zero-order valence-corrected chi connectivity index (χ0v) is 15.8. The molecule has 28 heavy (non-hydrogen) atoms. The lowest BCUT2D eigenvalue weighted by Gasteiger charge is -2.27. The zero-order valence-electron chi connectivity index (χ0n) is 15.1. The molecule has 4 heterocycles. The van der Waals surface area contributed by atoms with Crippen molar-refractivity contribution in [1.29, 1.82) is 0 Å². The lowest BCUT2D eigenvalue weighted by molar-refractivity contribution is 0.242. The van der Waals surface area contributed by atoms with E-state index in [1.807, 2.05) is 24.4 Å². The highest BCUT2D eigenvalue weighted by Crippen LogP contribution is 2.23. The van der Waals surface area contributed by atoms with Crippen molar-refractivity contribution in [3.05, 3.63) is 81.0 Å². The molecule has 1 aliphatic rings. The Kier molecular flexibility index (Phi) is 4.22. The van der Waals surface area contributed by atoms with Crippen LogP contribution in [0, 0.1) is 0 Å². The predicted octanol–water partition coefficient (Wildman–Crippen LogP) is 3.52. The second-order valence-corrected chi connectivity index (χ2v) is 7.46. The summed E-state index contributed by atoms with van der Waals surface area (Å²) in [5.74, 6) is 0.594. The molecule has 0 atom stereocenters. The van der Waals surface area contributed by atoms with Gasteiger partial charge in [0.2, 0.25) is 0 Å². The molecule has 0 saturated heterocycles. The van der Waals surface area contributed by atoms with E-state index in [0.29, 0.717) is 17.4 Å². The van der Waals surface area contributed by atoms with Crippen LogP contribution in [0.2, 0.25) is 5.02 Å². The minimum absolute atomic E-state index is 0.0692. The molecule has 0 saturated carbocycles. The number of pyridine rings is 1. The third-order valence-electron chi connectivity index (χ3n) is 5.20. The molecule has 0 radical (unpaired) electrons. The Balaban J connectivity index is 1.41. The Labute approximate surface area is 166 Å². The van der Waals surface area contributed by atoms with Gasteiger partial charge in [0.15, 0.2) is 0 Å². The number of benzene rings is 1. The van der Waals surface area contributed by atoms with Gasteiger partial charge in [-0.15, -0.1) is 0 Å². The van der Waals surface area contributed by atoms with Gasteiger partial charge in [0.25, 0.3) is 5.56 Å². The first-order chi connectivity index (χ1) is 13.7. The normalized spacial score (nSPS) is 14.3. The summed E-state index contributed by atoms with van der Waals surface area (Å²) in [6, 6.07) is 11.3. The second-order valence-electron chi connectivity index (χ2n) is 7.02. The van der Waals surface area contributed by atoms with Crippen LogP contribution in [-0.2, 0) is 19.5 Å². The Hall–Kier alpha value is -2.96. The van der Waals surface area contributed by atoms with Crippen molar-refractivity contribution in [1.82, 2.24) is 24.8 Å². The summed E-state index contributed by atoms with van der Waals surface area (Å²) in [4.78, 5) is 30.2. The first-order valence-electron chi connectivity index (χ1n) is 9.19. The lowest BCUT2D eigenvalue weighted by Crippen LogP contribution is -2.35. The highest BCUT2D eigenvalue weighted by atomic mass is 35.5. The maximum absolute atomic E-state index is 12.7. The van der Waals surface area contributed by atoms with E-state index >= 15 is 0 Å². The highest BCUT2D eigenvalue weighted by molar-refractivity contribution is 6.30. The Bertz CT molecular complexity index is 1210. The molecule has 3 aromatic heterocycles. The molecule has 0 fully saturated rings. The van der Waals surface area contributed by atoms with Gasteiger partial charge in [0, 0.05) is 54.4 Å². The molecule has 1 aromatic carbocycles. The van der Waals surface area contributed by atoms with Gasteiger partial charge in [-0.2, -0.15) is 0 Å². The van der Waals surface area contributed by atoms with Crippen LogP contribution in [0.5, 0.6) is 0 Å². The average Bonchev–Trinajstić information content (AvgIpc) is 3.12. The summed E-state index contributed by atoms with van der Waals surface area (Å²) in [6.45, 7) is 2.21. The minimum Gasteiger partial charge on any atom is -0.346 e. The molecular weight excluding hydrogens is 374 g/mol. The summed E-state index contributed by atoms with van der Waals surface area (Å²) in [7, 11) is 0. The fourth-order valence-corrected chi connectivity index (χ4v) is 3.87. The molecule has 0 amide bonds. The molecule has 1 aliphatic heterocycles. The van der Waals surface area contributed by atoms with E-state index in [-0.39, 0.29) is 5.56 Å². The van der Waals surface area contributed by atoms with E-state index in [0.717, 1.165) is 47.4 Å². The van der Waals surface area contributed by atoms with Crippen LogP contribution in [0.25, 0.3) is 22.4 Å². The molecule has 140 valence electrons. The maximum Gasteiger partial charge on any atom is 0.255 e. The van der Waals surface area contributed by atoms with Crippen molar-refractivity contribution in [2.75, 3.05) is 6.54 Å². The number of aromatic nitrogens is 4. The maximum atomic E-state index is 12.7. The fraction of sp³-hybridized carbons (Fsp3) is 0.190. The zero-order chi connectivity index (χ0) is 19.1.